The predicted octanol–water partition coefficient (Wildman–Crippen LogP) is 0.778. The molecule has 0 unspecified atom stereocenters. The summed E-state index contributed by atoms with van der Waals surface area (Å²) in [5.74, 6) is 0.914. The second-order valence-corrected chi connectivity index (χ2v) is 5.21. The highest BCUT2D eigenvalue weighted by Gasteiger charge is 2.13. The van der Waals surface area contributed by atoms with Crippen LogP contribution in [0.1, 0.15) is 33.1 Å². The van der Waals surface area contributed by atoms with E-state index in [0.717, 1.165) is 13.0 Å². The molecule has 7 nitrogen and oxygen atoms in total. The van der Waals surface area contributed by atoms with Gasteiger partial charge in [-0.2, -0.15) is 0 Å². The maximum Gasteiger partial charge on any atom is 0.318 e. The van der Waals surface area contributed by atoms with Crippen molar-refractivity contribution in [3.8, 4) is 0 Å². The maximum absolute atomic E-state index is 11.7. The van der Waals surface area contributed by atoms with Gasteiger partial charge >= 0.3 is 6.01 Å². The molecule has 0 aliphatic carbocycles. The average Bonchev–Trinajstić information content (AvgIpc) is 2.85. The normalized spacial score (nSPS) is 10.8. The minimum absolute atomic E-state index is 0.0509. The van der Waals surface area contributed by atoms with E-state index in [2.05, 4.69) is 41.6 Å². The summed E-state index contributed by atoms with van der Waals surface area (Å²) in [6.07, 6.45) is 1.05. The Morgan fingerprint density at radius 2 is 2.15 bits per heavy atom. The van der Waals surface area contributed by atoms with Gasteiger partial charge in [-0.1, -0.05) is 25.9 Å². The topological polar surface area (TPSA) is 83.3 Å². The van der Waals surface area contributed by atoms with Crippen LogP contribution in [0.3, 0.4) is 0 Å². The van der Waals surface area contributed by atoms with E-state index in [1.165, 1.54) is 0 Å². The molecule has 1 aromatic rings. The molecule has 2 N–H and O–H groups in total. The van der Waals surface area contributed by atoms with Crippen molar-refractivity contribution in [2.24, 2.45) is 5.92 Å². The molecule has 0 fully saturated rings. The Morgan fingerprint density at radius 1 is 1.40 bits per heavy atom. The van der Waals surface area contributed by atoms with Crippen LogP contribution in [0.15, 0.2) is 4.42 Å². The summed E-state index contributed by atoms with van der Waals surface area (Å²) < 4.78 is 5.48. The summed E-state index contributed by atoms with van der Waals surface area (Å²) in [7, 11) is 1.76. The number of anilines is 1. The summed E-state index contributed by atoms with van der Waals surface area (Å²) in [5, 5.41) is 13.9. The molecule has 0 aliphatic rings. The molecule has 0 saturated carbocycles. The van der Waals surface area contributed by atoms with Gasteiger partial charge in [0.05, 0.1) is 6.54 Å². The van der Waals surface area contributed by atoms with Crippen LogP contribution in [0.4, 0.5) is 6.01 Å². The predicted molar refractivity (Wildman–Crippen MR) is 77.4 cm³/mol. The third-order valence-electron chi connectivity index (χ3n) is 2.57. The Balaban J connectivity index is 2.39. The Labute approximate surface area is 120 Å². The number of carbonyl (C=O) groups is 1. The quantitative estimate of drug-likeness (QED) is 0.652. The number of carbonyl (C=O) groups excluding carboxylic acids is 1. The second-order valence-electron chi connectivity index (χ2n) is 5.21. The first-order chi connectivity index (χ1) is 9.52. The largest absolute Gasteiger partial charge is 0.407 e. The Bertz CT molecular complexity index is 405. The molecule has 0 spiro atoms. The van der Waals surface area contributed by atoms with Crippen LogP contribution in [0.2, 0.25) is 0 Å². The number of rotatable bonds is 9. The van der Waals surface area contributed by atoms with Crippen molar-refractivity contribution in [1.29, 1.82) is 0 Å². The summed E-state index contributed by atoms with van der Waals surface area (Å²) in [6, 6.07) is 0.359. The van der Waals surface area contributed by atoms with Crippen molar-refractivity contribution in [2.75, 3.05) is 31.6 Å². The third kappa shape index (κ3) is 6.01. The number of hydrogen-bond acceptors (Lipinski definition) is 6. The fourth-order valence-corrected chi connectivity index (χ4v) is 1.50. The van der Waals surface area contributed by atoms with E-state index in [9.17, 15) is 4.79 Å². The van der Waals surface area contributed by atoms with Gasteiger partial charge in [-0.25, -0.2) is 0 Å². The van der Waals surface area contributed by atoms with E-state index in [-0.39, 0.29) is 12.5 Å². The molecule has 0 radical (unpaired) electrons. The highest BCUT2D eigenvalue weighted by molar-refractivity contribution is 5.80. The zero-order chi connectivity index (χ0) is 15.0. The Hall–Kier alpha value is -1.63. The van der Waals surface area contributed by atoms with Gasteiger partial charge in [0.1, 0.15) is 6.54 Å². The van der Waals surface area contributed by atoms with Crippen LogP contribution in [-0.2, 0) is 11.3 Å². The lowest BCUT2D eigenvalue weighted by atomic mass is 10.2. The SMILES string of the molecule is CCCNCc1nnc(N(C)CC(=O)NCC(C)C)o1. The average molecular weight is 283 g/mol. The van der Waals surface area contributed by atoms with Gasteiger partial charge in [-0.05, 0) is 18.9 Å². The Morgan fingerprint density at radius 3 is 2.80 bits per heavy atom. The summed E-state index contributed by atoms with van der Waals surface area (Å²) >= 11 is 0. The summed E-state index contributed by atoms with van der Waals surface area (Å²) in [6.45, 7) is 8.53. The molecular weight excluding hydrogens is 258 g/mol. The van der Waals surface area contributed by atoms with Crippen LogP contribution >= 0.6 is 0 Å². The number of amides is 1. The van der Waals surface area contributed by atoms with Crippen molar-refractivity contribution < 1.29 is 9.21 Å². The van der Waals surface area contributed by atoms with Gasteiger partial charge in [0.25, 0.3) is 0 Å². The van der Waals surface area contributed by atoms with Crippen molar-refractivity contribution >= 4 is 11.9 Å². The fourth-order valence-electron chi connectivity index (χ4n) is 1.50. The molecule has 0 bridgehead atoms. The molecule has 0 saturated heterocycles. The van der Waals surface area contributed by atoms with E-state index in [0.29, 0.717) is 30.9 Å². The molecule has 1 rings (SSSR count). The second kappa shape index (κ2) is 8.52. The number of nitrogens with one attached hydrogen (secondary N) is 2. The number of nitrogens with zero attached hydrogens (tertiary/aromatic N) is 3. The molecule has 7 heteroatoms. The molecule has 0 aliphatic heterocycles. The van der Waals surface area contributed by atoms with Crippen LogP contribution in [0.25, 0.3) is 0 Å². The van der Waals surface area contributed by atoms with Gasteiger partial charge in [0, 0.05) is 13.6 Å². The standard InChI is InChI=1S/C13H25N5O2/c1-5-6-14-8-12-16-17-13(20-12)18(4)9-11(19)15-7-10(2)3/h10,14H,5-9H2,1-4H3,(H,15,19). The van der Waals surface area contributed by atoms with Gasteiger partial charge in [0.15, 0.2) is 0 Å². The van der Waals surface area contributed by atoms with Crippen LogP contribution in [0, 0.1) is 5.92 Å². The molecule has 1 heterocycles. The monoisotopic (exact) mass is 283 g/mol. The minimum atomic E-state index is -0.0509. The van der Waals surface area contributed by atoms with E-state index in [1.54, 1.807) is 11.9 Å². The fraction of sp³-hybridized carbons (Fsp3) is 0.769. The van der Waals surface area contributed by atoms with Gasteiger partial charge in [-0.3, -0.25) is 4.79 Å². The highest BCUT2D eigenvalue weighted by Crippen LogP contribution is 2.09. The molecule has 114 valence electrons. The van der Waals surface area contributed by atoms with E-state index >= 15 is 0 Å². The van der Waals surface area contributed by atoms with E-state index in [1.807, 2.05) is 0 Å². The molecule has 0 aromatic carbocycles. The van der Waals surface area contributed by atoms with Gasteiger partial charge in [-0.15, -0.1) is 5.10 Å². The molecule has 1 amide bonds. The molecule has 1 aromatic heterocycles. The molecule has 20 heavy (non-hydrogen) atoms. The van der Waals surface area contributed by atoms with E-state index < -0.39 is 0 Å². The lowest BCUT2D eigenvalue weighted by molar-refractivity contribution is -0.119. The first-order valence-corrected chi connectivity index (χ1v) is 7.03. The lowest BCUT2D eigenvalue weighted by Crippen LogP contribution is -2.37. The first-order valence-electron chi connectivity index (χ1n) is 7.03. The summed E-state index contributed by atoms with van der Waals surface area (Å²) in [5.41, 5.74) is 0. The van der Waals surface area contributed by atoms with Crippen LogP contribution < -0.4 is 15.5 Å². The highest BCUT2D eigenvalue weighted by atomic mass is 16.4. The summed E-state index contributed by atoms with van der Waals surface area (Å²) in [4.78, 5) is 13.3. The molecule has 0 atom stereocenters. The zero-order valence-electron chi connectivity index (χ0n) is 12.8. The van der Waals surface area contributed by atoms with Gasteiger partial charge < -0.3 is 20.0 Å². The Kier molecular flexibility index (Phi) is 7.00. The van der Waals surface area contributed by atoms with Crippen molar-refractivity contribution in [3.63, 3.8) is 0 Å². The van der Waals surface area contributed by atoms with Crippen molar-refractivity contribution in [1.82, 2.24) is 20.8 Å². The minimum Gasteiger partial charge on any atom is -0.407 e. The third-order valence-corrected chi connectivity index (χ3v) is 2.57. The number of hydrogen-bond donors (Lipinski definition) is 2. The van der Waals surface area contributed by atoms with Crippen LogP contribution in [0.5, 0.6) is 0 Å². The zero-order valence-corrected chi connectivity index (χ0v) is 12.8. The smallest absolute Gasteiger partial charge is 0.318 e. The maximum atomic E-state index is 11.7. The van der Waals surface area contributed by atoms with Crippen molar-refractivity contribution in [2.45, 2.75) is 33.7 Å². The van der Waals surface area contributed by atoms with Crippen LogP contribution in [-0.4, -0.2) is 42.8 Å². The first kappa shape index (κ1) is 16.4. The van der Waals surface area contributed by atoms with Crippen molar-refractivity contribution in [3.05, 3.63) is 5.89 Å². The molecular formula is C13H25N5O2. The van der Waals surface area contributed by atoms with E-state index in [4.69, 9.17) is 4.42 Å². The van der Waals surface area contributed by atoms with Gasteiger partial charge in [0.2, 0.25) is 11.8 Å². The lowest BCUT2D eigenvalue weighted by Gasteiger charge is -2.14. The number of likely N-dealkylation sites (N-methyl/N-ethyl adjacent to an activating group) is 1. The number of aromatic nitrogens is 2.